The van der Waals surface area contributed by atoms with Gasteiger partial charge in [0.2, 0.25) is 5.91 Å². The van der Waals surface area contributed by atoms with E-state index in [2.05, 4.69) is 9.97 Å². The first kappa shape index (κ1) is 16.5. The molecule has 1 amide bonds. The van der Waals surface area contributed by atoms with Crippen molar-refractivity contribution in [2.24, 2.45) is 0 Å². The fourth-order valence-electron chi connectivity index (χ4n) is 3.26. The molecule has 0 saturated carbocycles. The molecule has 0 N–H and O–H groups in total. The third kappa shape index (κ3) is 3.04. The number of carbonyl (C=O) groups excluding carboxylic acids is 1. The molecular weight excluding hydrogens is 350 g/mol. The molecule has 2 aromatic heterocycles. The Bertz CT molecular complexity index is 923. The second-order valence-corrected chi connectivity index (χ2v) is 8.62. The van der Waals surface area contributed by atoms with Crippen LogP contribution in [-0.2, 0) is 17.6 Å². The fourth-order valence-corrected chi connectivity index (χ4v) is 5.59. The van der Waals surface area contributed by atoms with Crippen molar-refractivity contribution in [2.75, 3.05) is 11.9 Å². The average molecular weight is 370 g/mol. The van der Waals surface area contributed by atoms with Crippen LogP contribution in [0.5, 0.6) is 0 Å². The van der Waals surface area contributed by atoms with Crippen LogP contribution in [0.4, 0.5) is 5.69 Å². The Morgan fingerprint density at radius 2 is 2.04 bits per heavy atom. The van der Waals surface area contributed by atoms with Gasteiger partial charge in [0.15, 0.2) is 0 Å². The number of thioether (sulfide) groups is 1. The molecule has 0 bridgehead atoms. The summed E-state index contributed by atoms with van der Waals surface area (Å²) < 4.78 is 0. The molecule has 1 aliphatic carbocycles. The quantitative estimate of drug-likeness (QED) is 0.507. The van der Waals surface area contributed by atoms with Gasteiger partial charge in [-0.2, -0.15) is 0 Å². The topological polar surface area (TPSA) is 46.1 Å². The van der Waals surface area contributed by atoms with E-state index in [-0.39, 0.29) is 11.2 Å². The fraction of sp³-hybridized carbons (Fsp3) is 0.316. The minimum absolute atomic E-state index is 0.0786. The minimum atomic E-state index is -0.208. The van der Waals surface area contributed by atoms with Gasteiger partial charge in [0.05, 0.1) is 5.25 Å². The number of para-hydroxylation sites is 1. The molecule has 0 fully saturated rings. The van der Waals surface area contributed by atoms with E-state index in [0.29, 0.717) is 0 Å². The second kappa shape index (κ2) is 6.77. The van der Waals surface area contributed by atoms with Gasteiger partial charge in [-0.25, -0.2) is 9.97 Å². The van der Waals surface area contributed by atoms with E-state index < -0.39 is 0 Å². The lowest BCUT2D eigenvalue weighted by molar-refractivity contribution is -0.117. The summed E-state index contributed by atoms with van der Waals surface area (Å²) in [4.78, 5) is 26.0. The van der Waals surface area contributed by atoms with E-state index in [1.807, 2.05) is 44.3 Å². The molecular formula is C19H19N3OS2. The molecule has 0 saturated heterocycles. The molecule has 1 atom stereocenters. The van der Waals surface area contributed by atoms with Crippen LogP contribution in [0, 0.1) is 0 Å². The Kier molecular flexibility index (Phi) is 4.48. The Labute approximate surface area is 155 Å². The highest BCUT2D eigenvalue weighted by molar-refractivity contribution is 8.00. The molecule has 0 aliphatic heterocycles. The van der Waals surface area contributed by atoms with Gasteiger partial charge in [0.25, 0.3) is 0 Å². The van der Waals surface area contributed by atoms with E-state index in [0.717, 1.165) is 28.4 Å². The lowest BCUT2D eigenvalue weighted by Gasteiger charge is -2.21. The molecule has 3 aromatic rings. The summed E-state index contributed by atoms with van der Waals surface area (Å²) in [5, 5.41) is 1.90. The lowest BCUT2D eigenvalue weighted by Crippen LogP contribution is -2.33. The number of nitrogens with zero attached hydrogens (tertiary/aromatic N) is 3. The summed E-state index contributed by atoms with van der Waals surface area (Å²) in [7, 11) is 1.83. The number of hydrogen-bond acceptors (Lipinski definition) is 5. The largest absolute Gasteiger partial charge is 0.315 e. The number of anilines is 1. The van der Waals surface area contributed by atoms with E-state index in [1.54, 1.807) is 22.6 Å². The molecule has 25 heavy (non-hydrogen) atoms. The molecule has 128 valence electrons. The third-order valence-corrected chi connectivity index (χ3v) is 6.86. The number of benzene rings is 1. The first-order valence-corrected chi connectivity index (χ1v) is 10.1. The zero-order valence-electron chi connectivity index (χ0n) is 14.2. The maximum absolute atomic E-state index is 12.8. The summed E-state index contributed by atoms with van der Waals surface area (Å²) in [5.74, 6) is 0.0786. The highest BCUT2D eigenvalue weighted by Crippen LogP contribution is 2.41. The molecule has 1 unspecified atom stereocenters. The Morgan fingerprint density at radius 1 is 1.24 bits per heavy atom. The van der Waals surface area contributed by atoms with Crippen LogP contribution in [0.15, 0.2) is 41.7 Å². The van der Waals surface area contributed by atoms with E-state index in [9.17, 15) is 4.79 Å². The molecule has 4 nitrogen and oxygen atoms in total. The molecule has 1 aliphatic rings. The number of aromatic nitrogens is 2. The van der Waals surface area contributed by atoms with Crippen LogP contribution in [0.2, 0.25) is 0 Å². The van der Waals surface area contributed by atoms with Crippen molar-refractivity contribution in [1.82, 2.24) is 9.97 Å². The summed E-state index contributed by atoms with van der Waals surface area (Å²) in [6, 6.07) is 9.74. The van der Waals surface area contributed by atoms with Crippen LogP contribution in [-0.4, -0.2) is 28.2 Å². The van der Waals surface area contributed by atoms with Crippen LogP contribution < -0.4 is 4.90 Å². The smallest absolute Gasteiger partial charge is 0.239 e. The Balaban J connectivity index is 1.60. The highest BCUT2D eigenvalue weighted by Gasteiger charge is 2.25. The zero-order valence-corrected chi connectivity index (χ0v) is 15.9. The first-order valence-electron chi connectivity index (χ1n) is 8.39. The SMILES string of the molecule is CC(Sc1ncnc2sc3c(c12)CCC3)C(=O)N(C)c1ccccc1. The Hall–Kier alpha value is -1.92. The maximum Gasteiger partial charge on any atom is 0.239 e. The lowest BCUT2D eigenvalue weighted by atomic mass is 10.2. The van der Waals surface area contributed by atoms with Gasteiger partial charge in [-0.3, -0.25) is 4.79 Å². The predicted molar refractivity (Wildman–Crippen MR) is 105 cm³/mol. The Morgan fingerprint density at radius 3 is 2.84 bits per heavy atom. The summed E-state index contributed by atoms with van der Waals surface area (Å²) >= 11 is 3.32. The van der Waals surface area contributed by atoms with Crippen molar-refractivity contribution >= 4 is 44.9 Å². The van der Waals surface area contributed by atoms with Gasteiger partial charge < -0.3 is 4.90 Å². The molecule has 6 heteroatoms. The van der Waals surface area contributed by atoms with Gasteiger partial charge in [-0.1, -0.05) is 30.0 Å². The van der Waals surface area contributed by atoms with Crippen LogP contribution >= 0.6 is 23.1 Å². The third-order valence-electron chi connectivity index (χ3n) is 4.58. The van der Waals surface area contributed by atoms with Crippen LogP contribution in [0.25, 0.3) is 10.2 Å². The van der Waals surface area contributed by atoms with Gasteiger partial charge in [0, 0.05) is 23.0 Å². The zero-order chi connectivity index (χ0) is 17.4. The summed E-state index contributed by atoms with van der Waals surface area (Å²) in [6.45, 7) is 1.95. The number of fused-ring (bicyclic) bond motifs is 3. The standard InChI is InChI=1S/C19H19N3OS2/c1-12(19(23)22(2)13-7-4-3-5-8-13)24-17-16-14-9-6-10-15(14)25-18(16)21-11-20-17/h3-5,7-8,11-12H,6,9-10H2,1-2H3. The van der Waals surface area contributed by atoms with Crippen molar-refractivity contribution in [1.29, 1.82) is 0 Å². The van der Waals surface area contributed by atoms with Gasteiger partial charge >= 0.3 is 0 Å². The second-order valence-electron chi connectivity index (χ2n) is 6.21. The van der Waals surface area contributed by atoms with E-state index in [1.165, 1.54) is 34.0 Å². The molecule has 0 radical (unpaired) electrons. The van der Waals surface area contributed by atoms with Gasteiger partial charge in [-0.15, -0.1) is 11.3 Å². The number of carbonyl (C=O) groups is 1. The predicted octanol–water partition coefficient (Wildman–Crippen LogP) is 4.32. The molecule has 0 spiro atoms. The van der Waals surface area contributed by atoms with Crippen molar-refractivity contribution < 1.29 is 4.79 Å². The summed E-state index contributed by atoms with van der Waals surface area (Å²) in [5.41, 5.74) is 2.31. The van der Waals surface area contributed by atoms with Gasteiger partial charge in [-0.05, 0) is 43.9 Å². The van der Waals surface area contributed by atoms with Crippen molar-refractivity contribution in [2.45, 2.75) is 36.5 Å². The monoisotopic (exact) mass is 369 g/mol. The number of rotatable bonds is 4. The maximum atomic E-state index is 12.8. The van der Waals surface area contributed by atoms with Crippen molar-refractivity contribution in [3.8, 4) is 0 Å². The normalized spacial score (nSPS) is 14.5. The number of thiophene rings is 1. The van der Waals surface area contributed by atoms with Crippen molar-refractivity contribution in [3.63, 3.8) is 0 Å². The molecule has 2 heterocycles. The first-order chi connectivity index (χ1) is 12.1. The van der Waals surface area contributed by atoms with Crippen molar-refractivity contribution in [3.05, 3.63) is 47.1 Å². The number of hydrogen-bond donors (Lipinski definition) is 0. The molecule has 1 aromatic carbocycles. The highest BCUT2D eigenvalue weighted by atomic mass is 32.2. The average Bonchev–Trinajstić information content (AvgIpc) is 3.22. The number of aryl methyl sites for hydroxylation is 2. The van der Waals surface area contributed by atoms with E-state index >= 15 is 0 Å². The summed E-state index contributed by atoms with van der Waals surface area (Å²) in [6.07, 6.45) is 5.07. The minimum Gasteiger partial charge on any atom is -0.315 e. The molecule has 4 rings (SSSR count). The number of amides is 1. The van der Waals surface area contributed by atoms with Crippen LogP contribution in [0.3, 0.4) is 0 Å². The van der Waals surface area contributed by atoms with Gasteiger partial charge in [0.1, 0.15) is 16.2 Å². The van der Waals surface area contributed by atoms with Crippen LogP contribution in [0.1, 0.15) is 23.8 Å². The van der Waals surface area contributed by atoms with E-state index in [4.69, 9.17) is 0 Å².